The molecule has 0 spiro atoms. The predicted molar refractivity (Wildman–Crippen MR) is 70.9 cm³/mol. The van der Waals surface area contributed by atoms with Crippen molar-refractivity contribution in [3.05, 3.63) is 57.6 Å². The molecule has 1 aromatic heterocycles. The topological polar surface area (TPSA) is 50.2 Å². The van der Waals surface area contributed by atoms with Crippen LogP contribution in [0.2, 0.25) is 0 Å². The first kappa shape index (κ1) is 11.2. The summed E-state index contributed by atoms with van der Waals surface area (Å²) >= 11 is 1.58. The Morgan fingerprint density at radius 2 is 2.28 bits per heavy atom. The first-order valence-corrected chi connectivity index (χ1v) is 6.59. The van der Waals surface area contributed by atoms with Crippen molar-refractivity contribution in [1.29, 1.82) is 0 Å². The number of aromatic nitrogens is 1. The van der Waals surface area contributed by atoms with Gasteiger partial charge in [0, 0.05) is 6.20 Å². The van der Waals surface area contributed by atoms with Gasteiger partial charge in [-0.1, -0.05) is 12.1 Å². The van der Waals surface area contributed by atoms with Crippen molar-refractivity contribution in [2.45, 2.75) is 12.8 Å². The van der Waals surface area contributed by atoms with Crippen molar-refractivity contribution < 1.29 is 9.90 Å². The number of carboxylic acids is 1. The summed E-state index contributed by atoms with van der Waals surface area (Å²) in [5.41, 5.74) is 5.50. The molecular formula is C14H11NO2S. The van der Waals surface area contributed by atoms with E-state index in [1.54, 1.807) is 29.0 Å². The Kier molecular flexibility index (Phi) is 2.72. The number of fused-ring (bicyclic) bond motifs is 1. The van der Waals surface area contributed by atoms with Gasteiger partial charge in [-0.05, 0) is 41.7 Å². The van der Waals surface area contributed by atoms with Gasteiger partial charge in [-0.2, -0.15) is 0 Å². The summed E-state index contributed by atoms with van der Waals surface area (Å²) in [5, 5.41) is 9.07. The van der Waals surface area contributed by atoms with Gasteiger partial charge < -0.3 is 5.11 Å². The summed E-state index contributed by atoms with van der Waals surface area (Å²) in [4.78, 5) is 16.2. The maximum Gasteiger partial charge on any atom is 0.335 e. The van der Waals surface area contributed by atoms with Crippen molar-refractivity contribution in [2.24, 2.45) is 0 Å². The van der Waals surface area contributed by atoms with E-state index in [4.69, 9.17) is 5.11 Å². The molecule has 2 aromatic rings. The van der Waals surface area contributed by atoms with Gasteiger partial charge in [0.1, 0.15) is 0 Å². The minimum Gasteiger partial charge on any atom is -0.478 e. The zero-order chi connectivity index (χ0) is 12.5. The molecule has 3 rings (SSSR count). The Bertz CT molecular complexity index is 629. The van der Waals surface area contributed by atoms with Gasteiger partial charge in [0.15, 0.2) is 0 Å². The molecule has 1 aliphatic carbocycles. The highest BCUT2D eigenvalue weighted by atomic mass is 32.1. The number of hydrogen-bond donors (Lipinski definition) is 1. The van der Waals surface area contributed by atoms with Crippen LogP contribution in [-0.2, 0) is 6.42 Å². The molecule has 1 N–H and O–H groups in total. The number of benzene rings is 1. The smallest absolute Gasteiger partial charge is 0.335 e. The molecule has 4 heteroatoms. The number of allylic oxidation sites excluding steroid dienone is 1. The molecule has 18 heavy (non-hydrogen) atoms. The number of carboxylic acid groups (broad SMARTS) is 1. The maximum atomic E-state index is 11.1. The van der Waals surface area contributed by atoms with Crippen LogP contribution in [0.5, 0.6) is 0 Å². The van der Waals surface area contributed by atoms with E-state index in [9.17, 15) is 4.79 Å². The quantitative estimate of drug-likeness (QED) is 0.898. The molecule has 0 amide bonds. The number of aromatic carboxylic acids is 1. The van der Waals surface area contributed by atoms with Crippen molar-refractivity contribution in [3.63, 3.8) is 0 Å². The number of rotatable bonds is 2. The third kappa shape index (κ3) is 1.84. The molecule has 0 fully saturated rings. The fourth-order valence-corrected chi connectivity index (χ4v) is 2.92. The molecule has 0 aliphatic heterocycles. The van der Waals surface area contributed by atoms with Crippen molar-refractivity contribution in [3.8, 4) is 0 Å². The molecule has 0 saturated carbocycles. The van der Waals surface area contributed by atoms with E-state index < -0.39 is 5.97 Å². The van der Waals surface area contributed by atoms with Crippen molar-refractivity contribution in [1.82, 2.24) is 4.98 Å². The molecule has 0 saturated heterocycles. The maximum absolute atomic E-state index is 11.1. The number of aryl methyl sites for hydroxylation is 1. The van der Waals surface area contributed by atoms with Crippen LogP contribution in [0.15, 0.2) is 36.0 Å². The average molecular weight is 257 g/mol. The Hall–Kier alpha value is -1.94. The Morgan fingerprint density at radius 3 is 3.00 bits per heavy atom. The number of hydrogen-bond acceptors (Lipinski definition) is 3. The Labute approximate surface area is 108 Å². The van der Waals surface area contributed by atoms with Crippen LogP contribution in [0, 0.1) is 0 Å². The van der Waals surface area contributed by atoms with Gasteiger partial charge >= 0.3 is 5.97 Å². The van der Waals surface area contributed by atoms with Crippen molar-refractivity contribution >= 4 is 22.9 Å². The molecule has 1 aliphatic rings. The summed E-state index contributed by atoms with van der Waals surface area (Å²) < 4.78 is 0. The largest absolute Gasteiger partial charge is 0.478 e. The van der Waals surface area contributed by atoms with Gasteiger partial charge in [0.25, 0.3) is 0 Å². The molecule has 0 atom stereocenters. The lowest BCUT2D eigenvalue weighted by Crippen LogP contribution is -2.04. The van der Waals surface area contributed by atoms with Crippen LogP contribution in [-0.4, -0.2) is 16.1 Å². The third-order valence-electron chi connectivity index (χ3n) is 3.11. The monoisotopic (exact) mass is 257 g/mol. The van der Waals surface area contributed by atoms with Crippen LogP contribution in [0.4, 0.5) is 0 Å². The van der Waals surface area contributed by atoms with Crippen LogP contribution >= 0.6 is 11.3 Å². The van der Waals surface area contributed by atoms with E-state index in [2.05, 4.69) is 11.1 Å². The van der Waals surface area contributed by atoms with E-state index in [1.165, 1.54) is 5.56 Å². The second-order valence-electron chi connectivity index (χ2n) is 4.20. The minimum absolute atomic E-state index is 0.339. The van der Waals surface area contributed by atoms with E-state index in [1.807, 2.05) is 12.3 Å². The zero-order valence-corrected chi connectivity index (χ0v) is 10.4. The zero-order valence-electron chi connectivity index (χ0n) is 9.59. The lowest BCUT2D eigenvalue weighted by molar-refractivity contribution is 0.0697. The molecule has 0 bridgehead atoms. The summed E-state index contributed by atoms with van der Waals surface area (Å²) in [6.07, 6.45) is 5.96. The number of carbonyl (C=O) groups is 1. The van der Waals surface area contributed by atoms with Gasteiger partial charge in [0.2, 0.25) is 0 Å². The standard InChI is InChI=1S/C14H11NO2S/c16-14(17)10-5-4-9-2-1-3-11(12(9)6-10)13-7-15-8-18-13/h3-8H,1-2H2,(H,16,17). The normalized spacial score (nSPS) is 13.9. The van der Waals surface area contributed by atoms with E-state index >= 15 is 0 Å². The highest BCUT2D eigenvalue weighted by Crippen LogP contribution is 2.33. The molecule has 0 radical (unpaired) electrons. The average Bonchev–Trinajstić information content (AvgIpc) is 2.91. The molecule has 0 unspecified atom stereocenters. The second-order valence-corrected chi connectivity index (χ2v) is 5.09. The van der Waals surface area contributed by atoms with E-state index in [0.29, 0.717) is 5.56 Å². The first-order chi connectivity index (χ1) is 8.75. The van der Waals surface area contributed by atoms with Crippen LogP contribution in [0.1, 0.15) is 32.8 Å². The highest BCUT2D eigenvalue weighted by Gasteiger charge is 2.17. The predicted octanol–water partition coefficient (Wildman–Crippen LogP) is 3.22. The Morgan fingerprint density at radius 1 is 1.39 bits per heavy atom. The van der Waals surface area contributed by atoms with Gasteiger partial charge in [-0.25, -0.2) is 4.79 Å². The van der Waals surface area contributed by atoms with Crippen molar-refractivity contribution in [2.75, 3.05) is 0 Å². The Balaban J connectivity index is 2.14. The number of nitrogens with zero attached hydrogens (tertiary/aromatic N) is 1. The molecule has 90 valence electrons. The minimum atomic E-state index is -0.882. The SMILES string of the molecule is O=C(O)c1ccc2c(c1)C(c1cncs1)=CCC2. The van der Waals surface area contributed by atoms with Crippen LogP contribution in [0.3, 0.4) is 0 Å². The third-order valence-corrected chi connectivity index (χ3v) is 3.91. The summed E-state index contributed by atoms with van der Waals surface area (Å²) in [6.45, 7) is 0. The lowest BCUT2D eigenvalue weighted by Gasteiger charge is -2.17. The second kappa shape index (κ2) is 4.38. The van der Waals surface area contributed by atoms with Crippen LogP contribution in [0.25, 0.3) is 5.57 Å². The fourth-order valence-electron chi connectivity index (χ4n) is 2.24. The van der Waals surface area contributed by atoms with E-state index in [0.717, 1.165) is 28.9 Å². The van der Waals surface area contributed by atoms with Crippen LogP contribution < -0.4 is 0 Å². The summed E-state index contributed by atoms with van der Waals surface area (Å²) in [5.74, 6) is -0.882. The number of thiazole rings is 1. The molecular weight excluding hydrogens is 246 g/mol. The molecule has 3 nitrogen and oxygen atoms in total. The summed E-state index contributed by atoms with van der Waals surface area (Å²) in [7, 11) is 0. The van der Waals surface area contributed by atoms with Gasteiger partial charge in [-0.15, -0.1) is 11.3 Å². The fraction of sp³-hybridized carbons (Fsp3) is 0.143. The van der Waals surface area contributed by atoms with Gasteiger partial charge in [-0.3, -0.25) is 4.98 Å². The molecule has 1 heterocycles. The molecule has 1 aromatic carbocycles. The summed E-state index contributed by atoms with van der Waals surface area (Å²) in [6, 6.07) is 5.37. The van der Waals surface area contributed by atoms with Gasteiger partial charge in [0.05, 0.1) is 16.0 Å². The highest BCUT2D eigenvalue weighted by molar-refractivity contribution is 7.10. The first-order valence-electron chi connectivity index (χ1n) is 5.71. The van der Waals surface area contributed by atoms with E-state index in [-0.39, 0.29) is 0 Å². The lowest BCUT2D eigenvalue weighted by atomic mass is 9.89.